The number of hydrogen-bond acceptors (Lipinski definition) is 6. The number of benzene rings is 1. The maximum atomic E-state index is 10.8. The Bertz CT molecular complexity index is 828. The molecule has 0 aliphatic carbocycles. The molecular formula is C13H8ClN3O3S. The molecule has 3 rings (SSSR count). The van der Waals surface area contributed by atoms with Crippen molar-refractivity contribution in [2.75, 3.05) is 5.73 Å². The Hall–Kier alpha value is -2.38. The second-order valence-electron chi connectivity index (χ2n) is 4.18. The molecule has 0 bridgehead atoms. The Kier molecular flexibility index (Phi) is 3.36. The SMILES string of the molecule is Nc1noc(-c2ccc([N+](=O)[O-])s2)c1-c1cccc(Cl)c1. The molecule has 6 nitrogen and oxygen atoms in total. The van der Waals surface area contributed by atoms with Gasteiger partial charge in [0.2, 0.25) is 0 Å². The smallest absolute Gasteiger partial charge is 0.324 e. The van der Waals surface area contributed by atoms with Crippen LogP contribution in [0.15, 0.2) is 40.9 Å². The summed E-state index contributed by atoms with van der Waals surface area (Å²) in [6.45, 7) is 0. The first-order valence-corrected chi connectivity index (χ1v) is 7.01. The van der Waals surface area contributed by atoms with Crippen molar-refractivity contribution in [3.8, 4) is 21.8 Å². The van der Waals surface area contributed by atoms with Crippen LogP contribution < -0.4 is 5.73 Å². The first-order valence-electron chi connectivity index (χ1n) is 5.82. The molecule has 0 spiro atoms. The van der Waals surface area contributed by atoms with Crippen LogP contribution >= 0.6 is 22.9 Å². The first-order chi connectivity index (χ1) is 10.1. The summed E-state index contributed by atoms with van der Waals surface area (Å²) in [6, 6.07) is 10.1. The fraction of sp³-hybridized carbons (Fsp3) is 0. The van der Waals surface area contributed by atoms with Crippen molar-refractivity contribution in [3.05, 3.63) is 51.5 Å². The molecule has 1 aromatic carbocycles. The van der Waals surface area contributed by atoms with Crippen LogP contribution in [0.4, 0.5) is 10.8 Å². The van der Waals surface area contributed by atoms with Crippen LogP contribution in [-0.2, 0) is 0 Å². The molecule has 0 saturated carbocycles. The summed E-state index contributed by atoms with van der Waals surface area (Å²) >= 11 is 6.98. The van der Waals surface area contributed by atoms with Crippen molar-refractivity contribution < 1.29 is 9.45 Å². The Labute approximate surface area is 127 Å². The summed E-state index contributed by atoms with van der Waals surface area (Å²) in [7, 11) is 0. The highest BCUT2D eigenvalue weighted by Crippen LogP contribution is 2.41. The molecule has 0 unspecified atom stereocenters. The van der Waals surface area contributed by atoms with E-state index in [2.05, 4.69) is 5.16 Å². The van der Waals surface area contributed by atoms with Crippen LogP contribution in [0.25, 0.3) is 21.8 Å². The van der Waals surface area contributed by atoms with Crippen LogP contribution in [0, 0.1) is 10.1 Å². The Morgan fingerprint density at radius 3 is 2.81 bits per heavy atom. The molecular weight excluding hydrogens is 314 g/mol. The number of aromatic nitrogens is 1. The van der Waals surface area contributed by atoms with Crippen molar-refractivity contribution in [2.45, 2.75) is 0 Å². The Morgan fingerprint density at radius 1 is 1.33 bits per heavy atom. The largest absolute Gasteiger partial charge is 0.380 e. The van der Waals surface area contributed by atoms with Crippen molar-refractivity contribution in [1.82, 2.24) is 5.16 Å². The summed E-state index contributed by atoms with van der Waals surface area (Å²) in [4.78, 5) is 10.9. The lowest BCUT2D eigenvalue weighted by molar-refractivity contribution is -0.380. The number of nitro groups is 1. The van der Waals surface area contributed by atoms with E-state index in [1.807, 2.05) is 6.07 Å². The van der Waals surface area contributed by atoms with E-state index in [-0.39, 0.29) is 10.8 Å². The first kappa shape index (κ1) is 13.6. The average Bonchev–Trinajstić information content (AvgIpc) is 3.05. The topological polar surface area (TPSA) is 95.2 Å². The molecule has 0 aliphatic heterocycles. The van der Waals surface area contributed by atoms with Crippen LogP contribution in [0.5, 0.6) is 0 Å². The minimum Gasteiger partial charge on any atom is -0.380 e. The van der Waals surface area contributed by atoms with Gasteiger partial charge in [0.05, 0.1) is 15.4 Å². The van der Waals surface area contributed by atoms with E-state index in [1.54, 1.807) is 24.3 Å². The molecule has 106 valence electrons. The molecule has 8 heteroatoms. The number of anilines is 1. The van der Waals surface area contributed by atoms with Gasteiger partial charge in [-0.05, 0) is 23.8 Å². The zero-order chi connectivity index (χ0) is 15.0. The van der Waals surface area contributed by atoms with Gasteiger partial charge in [-0.25, -0.2) is 0 Å². The van der Waals surface area contributed by atoms with Gasteiger partial charge in [-0.2, -0.15) is 0 Å². The van der Waals surface area contributed by atoms with Crippen molar-refractivity contribution >= 4 is 33.8 Å². The molecule has 2 N–H and O–H groups in total. The third-order valence-electron chi connectivity index (χ3n) is 2.83. The predicted molar refractivity (Wildman–Crippen MR) is 81.3 cm³/mol. The lowest BCUT2D eigenvalue weighted by Gasteiger charge is -2.01. The molecule has 0 amide bonds. The second-order valence-corrected chi connectivity index (χ2v) is 5.68. The third kappa shape index (κ3) is 2.48. The summed E-state index contributed by atoms with van der Waals surface area (Å²) in [6.07, 6.45) is 0. The van der Waals surface area contributed by atoms with E-state index >= 15 is 0 Å². The van der Waals surface area contributed by atoms with Crippen LogP contribution in [0.1, 0.15) is 0 Å². The number of halogens is 1. The number of thiophene rings is 1. The standard InChI is InChI=1S/C13H8ClN3O3S/c14-8-3-1-2-7(6-8)11-12(20-16-13(11)15)9-4-5-10(21-9)17(18)19/h1-6H,(H2,15,16). The Balaban J connectivity index is 2.14. The highest BCUT2D eigenvalue weighted by Gasteiger charge is 2.21. The summed E-state index contributed by atoms with van der Waals surface area (Å²) in [5.74, 6) is 0.608. The third-order valence-corrected chi connectivity index (χ3v) is 4.10. The molecule has 0 radical (unpaired) electrons. The normalized spacial score (nSPS) is 10.7. The lowest BCUT2D eigenvalue weighted by atomic mass is 10.1. The zero-order valence-electron chi connectivity index (χ0n) is 10.4. The molecule has 2 heterocycles. The highest BCUT2D eigenvalue weighted by molar-refractivity contribution is 7.18. The molecule has 0 fully saturated rings. The van der Waals surface area contributed by atoms with Crippen LogP contribution in [0.3, 0.4) is 0 Å². The van der Waals surface area contributed by atoms with Crippen molar-refractivity contribution in [1.29, 1.82) is 0 Å². The van der Waals surface area contributed by atoms with Crippen molar-refractivity contribution in [2.24, 2.45) is 0 Å². The van der Waals surface area contributed by atoms with Gasteiger partial charge < -0.3 is 10.3 Å². The van der Waals surface area contributed by atoms with Gasteiger partial charge in [0.25, 0.3) is 0 Å². The summed E-state index contributed by atoms with van der Waals surface area (Å²) in [5.41, 5.74) is 7.17. The molecule has 0 atom stereocenters. The monoisotopic (exact) mass is 321 g/mol. The van der Waals surface area contributed by atoms with Crippen molar-refractivity contribution in [3.63, 3.8) is 0 Å². The number of hydrogen-bond donors (Lipinski definition) is 1. The van der Waals surface area contributed by atoms with E-state index in [0.29, 0.717) is 21.2 Å². The number of nitrogens with zero attached hydrogens (tertiary/aromatic N) is 2. The quantitative estimate of drug-likeness (QED) is 0.575. The van der Waals surface area contributed by atoms with Gasteiger partial charge >= 0.3 is 5.00 Å². The molecule has 3 aromatic rings. The van der Waals surface area contributed by atoms with E-state index in [4.69, 9.17) is 21.9 Å². The van der Waals surface area contributed by atoms with Gasteiger partial charge in [-0.15, -0.1) is 0 Å². The molecule has 2 aromatic heterocycles. The molecule has 0 aliphatic rings. The number of rotatable bonds is 3. The Morgan fingerprint density at radius 2 is 2.14 bits per heavy atom. The van der Waals surface area contributed by atoms with Gasteiger partial charge in [-0.1, -0.05) is 40.2 Å². The van der Waals surface area contributed by atoms with Gasteiger partial charge in [0, 0.05) is 11.1 Å². The van der Waals surface area contributed by atoms with E-state index in [9.17, 15) is 10.1 Å². The zero-order valence-corrected chi connectivity index (χ0v) is 12.0. The van der Waals surface area contributed by atoms with Gasteiger partial charge in [0.15, 0.2) is 11.6 Å². The van der Waals surface area contributed by atoms with E-state index < -0.39 is 4.92 Å². The fourth-order valence-electron chi connectivity index (χ4n) is 1.94. The highest BCUT2D eigenvalue weighted by atomic mass is 35.5. The van der Waals surface area contributed by atoms with Crippen LogP contribution in [0.2, 0.25) is 5.02 Å². The summed E-state index contributed by atoms with van der Waals surface area (Å²) in [5, 5.41) is 15.1. The van der Waals surface area contributed by atoms with E-state index in [0.717, 1.165) is 16.9 Å². The van der Waals surface area contributed by atoms with Gasteiger partial charge in [0.1, 0.15) is 0 Å². The minimum absolute atomic E-state index is 0.0250. The lowest BCUT2D eigenvalue weighted by Crippen LogP contribution is -1.88. The van der Waals surface area contributed by atoms with E-state index in [1.165, 1.54) is 6.07 Å². The maximum absolute atomic E-state index is 10.8. The maximum Gasteiger partial charge on any atom is 0.324 e. The number of nitrogen functional groups attached to an aromatic ring is 1. The predicted octanol–water partition coefficient (Wildman–Crippen LogP) is 4.21. The number of nitrogens with two attached hydrogens (primary N) is 1. The van der Waals surface area contributed by atoms with Gasteiger partial charge in [-0.3, -0.25) is 10.1 Å². The summed E-state index contributed by atoms with van der Waals surface area (Å²) < 4.78 is 5.24. The fourth-order valence-corrected chi connectivity index (χ4v) is 2.94. The average molecular weight is 322 g/mol. The minimum atomic E-state index is -0.451. The molecule has 21 heavy (non-hydrogen) atoms. The second kappa shape index (κ2) is 5.19. The molecule has 0 saturated heterocycles. The van der Waals surface area contributed by atoms with Crippen LogP contribution in [-0.4, -0.2) is 10.1 Å².